The van der Waals surface area contributed by atoms with Gasteiger partial charge in [-0.3, -0.25) is 4.31 Å². The molecule has 0 fully saturated rings. The number of halogens is 1. The Morgan fingerprint density at radius 3 is 2.35 bits per heavy atom. The first-order valence-electron chi connectivity index (χ1n) is 9.36. The standard InChI is InChI=1S/C23H18FNO5S/c1-15-20-13-18(9-12-21(20)30-22(15)23(26)27)25(14-16-5-3-2-4-6-16)31(28,29)19-10-7-17(24)8-11-19/h2-13H,14H2,1H3,(H,26,27). The first-order chi connectivity index (χ1) is 14.8. The van der Waals surface area contributed by atoms with Gasteiger partial charge in [0.15, 0.2) is 0 Å². The largest absolute Gasteiger partial charge is 0.475 e. The van der Waals surface area contributed by atoms with Gasteiger partial charge in [-0.1, -0.05) is 30.3 Å². The van der Waals surface area contributed by atoms with Crippen LogP contribution in [-0.4, -0.2) is 19.5 Å². The number of benzene rings is 3. The second-order valence-corrected chi connectivity index (χ2v) is 8.86. The van der Waals surface area contributed by atoms with Gasteiger partial charge in [-0.25, -0.2) is 17.6 Å². The molecule has 1 heterocycles. The number of nitrogens with zero attached hydrogens (tertiary/aromatic N) is 1. The van der Waals surface area contributed by atoms with E-state index < -0.39 is 21.8 Å². The highest BCUT2D eigenvalue weighted by Gasteiger charge is 2.27. The lowest BCUT2D eigenvalue weighted by atomic mass is 10.1. The van der Waals surface area contributed by atoms with Gasteiger partial charge in [0.25, 0.3) is 10.0 Å². The Hall–Kier alpha value is -3.65. The summed E-state index contributed by atoms with van der Waals surface area (Å²) in [7, 11) is -4.04. The average molecular weight is 439 g/mol. The van der Waals surface area contributed by atoms with Crippen LogP contribution in [0.15, 0.2) is 82.1 Å². The molecule has 4 aromatic rings. The number of aryl methyl sites for hydroxylation is 1. The number of hydrogen-bond donors (Lipinski definition) is 1. The monoisotopic (exact) mass is 439 g/mol. The molecule has 3 aromatic carbocycles. The van der Waals surface area contributed by atoms with Crippen LogP contribution in [0.5, 0.6) is 0 Å². The van der Waals surface area contributed by atoms with Crippen LogP contribution < -0.4 is 4.31 Å². The highest BCUT2D eigenvalue weighted by atomic mass is 32.2. The number of sulfonamides is 1. The second-order valence-electron chi connectivity index (χ2n) is 6.99. The molecule has 0 unspecified atom stereocenters. The van der Waals surface area contributed by atoms with Gasteiger partial charge < -0.3 is 9.52 Å². The number of aromatic carboxylic acids is 1. The van der Waals surface area contributed by atoms with E-state index in [-0.39, 0.29) is 17.2 Å². The Bertz CT molecular complexity index is 1360. The third kappa shape index (κ3) is 3.89. The van der Waals surface area contributed by atoms with Crippen molar-refractivity contribution in [3.63, 3.8) is 0 Å². The maximum absolute atomic E-state index is 13.5. The minimum absolute atomic E-state index is 0.0365. The van der Waals surface area contributed by atoms with Gasteiger partial charge >= 0.3 is 5.97 Å². The predicted octanol–water partition coefficient (Wildman–Crippen LogP) is 4.97. The minimum Gasteiger partial charge on any atom is -0.475 e. The molecule has 158 valence electrons. The first-order valence-corrected chi connectivity index (χ1v) is 10.8. The van der Waals surface area contributed by atoms with E-state index in [4.69, 9.17) is 4.42 Å². The van der Waals surface area contributed by atoms with Crippen LogP contribution in [0, 0.1) is 12.7 Å². The summed E-state index contributed by atoms with van der Waals surface area (Å²) in [5, 5.41) is 9.81. The highest BCUT2D eigenvalue weighted by Crippen LogP contribution is 2.32. The van der Waals surface area contributed by atoms with Crippen molar-refractivity contribution >= 4 is 32.6 Å². The summed E-state index contributed by atoms with van der Waals surface area (Å²) in [5.74, 6) is -1.93. The van der Waals surface area contributed by atoms with Crippen molar-refractivity contribution in [3.8, 4) is 0 Å². The fraction of sp³-hybridized carbons (Fsp3) is 0.0870. The molecule has 8 heteroatoms. The fourth-order valence-corrected chi connectivity index (χ4v) is 4.81. The molecule has 1 N–H and O–H groups in total. The van der Waals surface area contributed by atoms with Crippen molar-refractivity contribution < 1.29 is 27.1 Å². The molecule has 0 saturated carbocycles. The van der Waals surface area contributed by atoms with Gasteiger partial charge in [-0.2, -0.15) is 0 Å². The summed E-state index contributed by atoms with van der Waals surface area (Å²) in [5.41, 5.74) is 1.84. The number of rotatable bonds is 6. The topological polar surface area (TPSA) is 87.8 Å². The molecule has 31 heavy (non-hydrogen) atoms. The minimum atomic E-state index is -4.04. The third-order valence-electron chi connectivity index (χ3n) is 4.97. The Balaban J connectivity index is 1.87. The molecule has 0 atom stereocenters. The summed E-state index contributed by atoms with van der Waals surface area (Å²) in [6.07, 6.45) is 0. The Morgan fingerprint density at radius 1 is 1.03 bits per heavy atom. The van der Waals surface area contributed by atoms with Gasteiger partial charge in [0.05, 0.1) is 17.1 Å². The molecular weight excluding hydrogens is 421 g/mol. The lowest BCUT2D eigenvalue weighted by molar-refractivity contribution is 0.0664. The zero-order valence-electron chi connectivity index (χ0n) is 16.4. The van der Waals surface area contributed by atoms with E-state index >= 15 is 0 Å². The van der Waals surface area contributed by atoms with E-state index in [2.05, 4.69) is 0 Å². The molecule has 0 aliphatic carbocycles. The summed E-state index contributed by atoms with van der Waals surface area (Å²) >= 11 is 0. The van der Waals surface area contributed by atoms with Crippen molar-refractivity contribution in [1.82, 2.24) is 0 Å². The number of carbonyl (C=O) groups is 1. The van der Waals surface area contributed by atoms with E-state index in [9.17, 15) is 22.7 Å². The van der Waals surface area contributed by atoms with E-state index in [0.29, 0.717) is 22.2 Å². The average Bonchev–Trinajstić information content (AvgIpc) is 3.09. The van der Waals surface area contributed by atoms with Crippen LogP contribution in [0.3, 0.4) is 0 Å². The van der Waals surface area contributed by atoms with Crippen LogP contribution in [0.2, 0.25) is 0 Å². The van der Waals surface area contributed by atoms with E-state index in [1.165, 1.54) is 16.4 Å². The molecule has 0 saturated heterocycles. The van der Waals surface area contributed by atoms with Crippen LogP contribution in [-0.2, 0) is 16.6 Å². The summed E-state index contributed by atoms with van der Waals surface area (Å²) in [4.78, 5) is 11.3. The van der Waals surface area contributed by atoms with Crippen molar-refractivity contribution in [1.29, 1.82) is 0 Å². The number of furan rings is 1. The number of anilines is 1. The third-order valence-corrected chi connectivity index (χ3v) is 6.76. The number of carboxylic acids is 1. The summed E-state index contributed by atoms with van der Waals surface area (Å²) < 4.78 is 46.9. The van der Waals surface area contributed by atoms with Gasteiger partial charge in [0.2, 0.25) is 5.76 Å². The second kappa shape index (κ2) is 7.88. The highest BCUT2D eigenvalue weighted by molar-refractivity contribution is 7.92. The molecular formula is C23H18FNO5S. The van der Waals surface area contributed by atoms with Gasteiger partial charge in [-0.05, 0) is 55.0 Å². The van der Waals surface area contributed by atoms with Gasteiger partial charge in [-0.15, -0.1) is 0 Å². The Labute approximate surface area is 178 Å². The van der Waals surface area contributed by atoms with E-state index in [1.54, 1.807) is 49.4 Å². The van der Waals surface area contributed by atoms with Crippen molar-refractivity contribution in [2.45, 2.75) is 18.4 Å². The van der Waals surface area contributed by atoms with Gasteiger partial charge in [0, 0.05) is 10.9 Å². The first kappa shape index (κ1) is 20.6. The van der Waals surface area contributed by atoms with E-state index in [0.717, 1.165) is 17.7 Å². The van der Waals surface area contributed by atoms with Crippen molar-refractivity contribution in [3.05, 3.63) is 95.5 Å². The van der Waals surface area contributed by atoms with Crippen LogP contribution in [0.25, 0.3) is 11.0 Å². The molecule has 4 rings (SSSR count). The van der Waals surface area contributed by atoms with Gasteiger partial charge in [0.1, 0.15) is 11.4 Å². The zero-order valence-corrected chi connectivity index (χ0v) is 17.3. The molecule has 6 nitrogen and oxygen atoms in total. The molecule has 0 bridgehead atoms. The molecule has 1 aromatic heterocycles. The van der Waals surface area contributed by atoms with Crippen molar-refractivity contribution in [2.75, 3.05) is 4.31 Å². The molecule has 0 radical (unpaired) electrons. The molecule has 0 aliphatic heterocycles. The summed E-state index contributed by atoms with van der Waals surface area (Å²) in [6, 6.07) is 18.4. The van der Waals surface area contributed by atoms with Crippen LogP contribution in [0.1, 0.15) is 21.7 Å². The number of carboxylic acid groups (broad SMARTS) is 1. The Morgan fingerprint density at radius 2 is 1.71 bits per heavy atom. The fourth-order valence-electron chi connectivity index (χ4n) is 3.37. The Kier molecular flexibility index (Phi) is 5.24. The molecule has 0 amide bonds. The van der Waals surface area contributed by atoms with Crippen LogP contribution >= 0.6 is 0 Å². The quantitative estimate of drug-likeness (QED) is 0.458. The van der Waals surface area contributed by atoms with E-state index in [1.807, 2.05) is 6.07 Å². The molecule has 0 spiro atoms. The zero-order chi connectivity index (χ0) is 22.2. The number of hydrogen-bond acceptors (Lipinski definition) is 4. The summed E-state index contributed by atoms with van der Waals surface area (Å²) in [6.45, 7) is 1.64. The molecule has 0 aliphatic rings. The SMILES string of the molecule is Cc1c(C(=O)O)oc2ccc(N(Cc3ccccc3)S(=O)(=O)c3ccc(F)cc3)cc12. The smallest absolute Gasteiger partial charge is 0.372 e. The number of fused-ring (bicyclic) bond motifs is 1. The lowest BCUT2D eigenvalue weighted by Crippen LogP contribution is -2.30. The van der Waals surface area contributed by atoms with Crippen LogP contribution in [0.4, 0.5) is 10.1 Å². The normalized spacial score (nSPS) is 11.5. The maximum Gasteiger partial charge on any atom is 0.372 e. The lowest BCUT2D eigenvalue weighted by Gasteiger charge is -2.25. The predicted molar refractivity (Wildman–Crippen MR) is 114 cm³/mol. The van der Waals surface area contributed by atoms with Crippen molar-refractivity contribution in [2.24, 2.45) is 0 Å². The maximum atomic E-state index is 13.5.